The molecule has 3 amide bonds. The van der Waals surface area contributed by atoms with E-state index in [1.54, 1.807) is 4.90 Å². The molecule has 3 fully saturated rings. The average Bonchev–Trinajstić information content (AvgIpc) is 3.47. The van der Waals surface area contributed by atoms with Crippen molar-refractivity contribution in [3.8, 4) is 0 Å². The molecule has 3 aliphatic heterocycles. The third-order valence-corrected chi connectivity index (χ3v) is 8.89. The van der Waals surface area contributed by atoms with Gasteiger partial charge < -0.3 is 25.4 Å². The van der Waals surface area contributed by atoms with Crippen LogP contribution in [-0.2, 0) is 19.1 Å². The van der Waals surface area contributed by atoms with Crippen LogP contribution in [0.2, 0.25) is 0 Å². The summed E-state index contributed by atoms with van der Waals surface area (Å²) in [5.41, 5.74) is 1.41. The summed E-state index contributed by atoms with van der Waals surface area (Å²) < 4.78 is 6.70. The molecule has 2 aromatic rings. The summed E-state index contributed by atoms with van der Waals surface area (Å²) in [6, 6.07) is 14.2. The van der Waals surface area contributed by atoms with Gasteiger partial charge in [0.2, 0.25) is 17.7 Å². The van der Waals surface area contributed by atoms with Crippen molar-refractivity contribution in [3.63, 3.8) is 0 Å². The number of aryl methyl sites for hydroxylation is 2. The first-order valence-corrected chi connectivity index (χ1v) is 14.1. The number of aliphatic hydroxyl groups excluding tert-OH is 1. The van der Waals surface area contributed by atoms with Gasteiger partial charge in [-0.25, -0.2) is 0 Å². The largest absolute Gasteiger partial charge is 0.396 e. The number of carbonyl (C=O) groups excluding carboxylic acids is 3. The number of amides is 3. The van der Waals surface area contributed by atoms with Crippen molar-refractivity contribution in [1.29, 1.82) is 0 Å². The lowest BCUT2D eigenvalue weighted by atomic mass is 9.66. The second-order valence-electron chi connectivity index (χ2n) is 11.5. The van der Waals surface area contributed by atoms with Gasteiger partial charge in [0, 0.05) is 24.5 Å². The number of aliphatic hydroxyl groups is 1. The molecule has 3 aliphatic rings. The average molecular weight is 534 g/mol. The molecule has 8 heteroatoms. The summed E-state index contributed by atoms with van der Waals surface area (Å²) in [5.74, 6) is -2.13. The molecule has 2 unspecified atom stereocenters. The molecule has 3 saturated heterocycles. The fourth-order valence-corrected chi connectivity index (χ4v) is 7.06. The SMILES string of the molecule is Cc1cccc(C)c1NC(=O)C1N(CCCCCCO)C(=O)[C@@H]2[C@H](C(=O)Nc3ccccc3)[C@]3(C)CCC12O3. The van der Waals surface area contributed by atoms with Gasteiger partial charge in [0.15, 0.2) is 0 Å². The van der Waals surface area contributed by atoms with E-state index in [-0.39, 0.29) is 24.3 Å². The zero-order chi connectivity index (χ0) is 27.8. The lowest BCUT2D eigenvalue weighted by Gasteiger charge is -2.33. The Morgan fingerprint density at radius 3 is 2.33 bits per heavy atom. The van der Waals surface area contributed by atoms with Crippen molar-refractivity contribution >= 4 is 29.1 Å². The lowest BCUT2D eigenvalue weighted by molar-refractivity contribution is -0.143. The predicted molar refractivity (Wildman–Crippen MR) is 149 cm³/mol. The summed E-state index contributed by atoms with van der Waals surface area (Å²) in [7, 11) is 0. The van der Waals surface area contributed by atoms with Crippen molar-refractivity contribution in [2.45, 2.75) is 76.5 Å². The van der Waals surface area contributed by atoms with Gasteiger partial charge in [-0.3, -0.25) is 14.4 Å². The molecule has 0 saturated carbocycles. The molecule has 208 valence electrons. The molecule has 3 N–H and O–H groups in total. The standard InChI is InChI=1S/C31H39N3O5/c1-20-12-11-13-21(2)25(20)33-28(37)26-31-17-16-30(3,39-31)23(27(36)32-22-14-7-6-8-15-22)24(31)29(38)34(26)18-9-4-5-10-19-35/h6-8,11-15,23-24,26,35H,4-5,9-10,16-19H2,1-3H3,(H,32,36)(H,33,37)/t23-,24+,26?,30+,31?/m1/s1. The van der Waals surface area contributed by atoms with Crippen LogP contribution in [0.5, 0.6) is 0 Å². The first-order chi connectivity index (χ1) is 18.7. The summed E-state index contributed by atoms with van der Waals surface area (Å²) in [6.07, 6.45) is 4.24. The minimum atomic E-state index is -1.06. The molecular formula is C31H39N3O5. The number of benzene rings is 2. The third kappa shape index (κ3) is 4.74. The van der Waals surface area contributed by atoms with E-state index >= 15 is 0 Å². The summed E-state index contributed by atoms with van der Waals surface area (Å²) in [5, 5.41) is 15.2. The number of nitrogens with zero attached hydrogens (tertiary/aromatic N) is 1. The van der Waals surface area contributed by atoms with Gasteiger partial charge in [0.05, 0.1) is 17.4 Å². The Labute approximate surface area is 230 Å². The van der Waals surface area contributed by atoms with E-state index in [2.05, 4.69) is 10.6 Å². The smallest absolute Gasteiger partial charge is 0.250 e. The predicted octanol–water partition coefficient (Wildman–Crippen LogP) is 4.20. The number of fused-ring (bicyclic) bond motifs is 1. The molecule has 0 aliphatic carbocycles. The number of para-hydroxylation sites is 2. The second kappa shape index (κ2) is 10.7. The van der Waals surface area contributed by atoms with E-state index in [0.717, 1.165) is 29.7 Å². The monoisotopic (exact) mass is 533 g/mol. The minimum absolute atomic E-state index is 0.138. The highest BCUT2D eigenvalue weighted by atomic mass is 16.5. The van der Waals surface area contributed by atoms with E-state index in [9.17, 15) is 14.4 Å². The topological polar surface area (TPSA) is 108 Å². The van der Waals surface area contributed by atoms with Crippen LogP contribution in [0.25, 0.3) is 0 Å². The van der Waals surface area contributed by atoms with Crippen molar-refractivity contribution in [2.75, 3.05) is 23.8 Å². The maximum atomic E-state index is 14.1. The minimum Gasteiger partial charge on any atom is -0.396 e. The fourth-order valence-electron chi connectivity index (χ4n) is 7.06. The van der Waals surface area contributed by atoms with Crippen LogP contribution >= 0.6 is 0 Å². The van der Waals surface area contributed by atoms with E-state index in [1.807, 2.05) is 69.3 Å². The molecule has 8 nitrogen and oxygen atoms in total. The Bertz CT molecular complexity index is 1230. The van der Waals surface area contributed by atoms with E-state index < -0.39 is 29.1 Å². The molecule has 5 atom stereocenters. The molecule has 0 radical (unpaired) electrons. The zero-order valence-corrected chi connectivity index (χ0v) is 23.0. The molecule has 2 aromatic carbocycles. The Morgan fingerprint density at radius 1 is 0.949 bits per heavy atom. The number of carbonyl (C=O) groups is 3. The summed E-state index contributed by atoms with van der Waals surface area (Å²) >= 11 is 0. The van der Waals surface area contributed by atoms with Gasteiger partial charge in [0.1, 0.15) is 11.6 Å². The van der Waals surface area contributed by atoms with Crippen molar-refractivity contribution in [1.82, 2.24) is 4.90 Å². The maximum Gasteiger partial charge on any atom is 0.250 e. The lowest BCUT2D eigenvalue weighted by Crippen LogP contribution is -2.53. The molecule has 3 heterocycles. The number of hydrogen-bond acceptors (Lipinski definition) is 5. The van der Waals surface area contributed by atoms with Gasteiger partial charge in [-0.1, -0.05) is 49.2 Å². The van der Waals surface area contributed by atoms with Crippen LogP contribution in [0, 0.1) is 25.7 Å². The number of anilines is 2. The fraction of sp³-hybridized carbons (Fsp3) is 0.516. The second-order valence-corrected chi connectivity index (χ2v) is 11.5. The Balaban J connectivity index is 1.47. The number of likely N-dealkylation sites (tertiary alicyclic amines) is 1. The quantitative estimate of drug-likeness (QED) is 0.397. The van der Waals surface area contributed by atoms with Crippen LogP contribution in [0.3, 0.4) is 0 Å². The van der Waals surface area contributed by atoms with Crippen LogP contribution in [-0.4, -0.2) is 58.1 Å². The summed E-state index contributed by atoms with van der Waals surface area (Å²) in [6.45, 7) is 6.35. The van der Waals surface area contributed by atoms with Crippen LogP contribution in [0.15, 0.2) is 48.5 Å². The van der Waals surface area contributed by atoms with Gasteiger partial charge >= 0.3 is 0 Å². The highest BCUT2D eigenvalue weighted by Crippen LogP contribution is 2.63. The van der Waals surface area contributed by atoms with Crippen LogP contribution < -0.4 is 10.6 Å². The Morgan fingerprint density at radius 2 is 1.64 bits per heavy atom. The highest BCUT2D eigenvalue weighted by Gasteiger charge is 2.77. The maximum absolute atomic E-state index is 14.1. The first kappa shape index (κ1) is 27.3. The Kier molecular flexibility index (Phi) is 7.53. The molecule has 39 heavy (non-hydrogen) atoms. The van der Waals surface area contributed by atoms with Crippen molar-refractivity contribution in [3.05, 3.63) is 59.7 Å². The third-order valence-electron chi connectivity index (χ3n) is 8.89. The number of ether oxygens (including phenoxy) is 1. The normalized spacial score (nSPS) is 29.0. The van der Waals surface area contributed by atoms with Crippen molar-refractivity contribution < 1.29 is 24.2 Å². The number of rotatable bonds is 10. The van der Waals surface area contributed by atoms with Crippen LogP contribution in [0.4, 0.5) is 11.4 Å². The molecule has 0 aromatic heterocycles. The van der Waals surface area contributed by atoms with Gasteiger partial charge in [-0.2, -0.15) is 0 Å². The Hall–Kier alpha value is -3.23. The molecule has 5 rings (SSSR count). The van der Waals surface area contributed by atoms with E-state index in [4.69, 9.17) is 9.84 Å². The van der Waals surface area contributed by atoms with Gasteiger partial charge in [-0.05, 0) is 69.7 Å². The van der Waals surface area contributed by atoms with Crippen LogP contribution in [0.1, 0.15) is 56.6 Å². The first-order valence-electron chi connectivity index (χ1n) is 14.1. The van der Waals surface area contributed by atoms with E-state index in [0.29, 0.717) is 37.9 Å². The number of unbranched alkanes of at least 4 members (excludes halogenated alkanes) is 3. The summed E-state index contributed by atoms with van der Waals surface area (Å²) in [4.78, 5) is 43.6. The van der Waals surface area contributed by atoms with Crippen molar-refractivity contribution in [2.24, 2.45) is 11.8 Å². The van der Waals surface area contributed by atoms with E-state index in [1.165, 1.54) is 0 Å². The number of hydrogen-bond donors (Lipinski definition) is 3. The molecule has 2 bridgehead atoms. The molecule has 1 spiro atoms. The number of nitrogens with one attached hydrogen (secondary N) is 2. The van der Waals surface area contributed by atoms with Gasteiger partial charge in [-0.15, -0.1) is 0 Å². The zero-order valence-electron chi connectivity index (χ0n) is 23.0. The van der Waals surface area contributed by atoms with Gasteiger partial charge in [0.25, 0.3) is 0 Å². The highest BCUT2D eigenvalue weighted by molar-refractivity contribution is 6.05. The molecular weight excluding hydrogens is 494 g/mol.